The molecule has 3 rings (SSSR count). The van der Waals surface area contributed by atoms with Crippen molar-refractivity contribution in [3.8, 4) is 5.75 Å². The first-order chi connectivity index (χ1) is 13.8. The van der Waals surface area contributed by atoms with E-state index in [1.54, 1.807) is 31.4 Å². The highest BCUT2D eigenvalue weighted by atomic mass is 32.2. The summed E-state index contributed by atoms with van der Waals surface area (Å²) in [5, 5.41) is 8.12. The van der Waals surface area contributed by atoms with E-state index < -0.39 is 15.9 Å². The number of benzene rings is 2. The Morgan fingerprint density at radius 1 is 1.07 bits per heavy atom. The third-order valence-electron chi connectivity index (χ3n) is 4.58. The summed E-state index contributed by atoms with van der Waals surface area (Å²) in [5.41, 5.74) is 1.92. The zero-order valence-corrected chi connectivity index (χ0v) is 16.8. The normalized spacial score (nSPS) is 17.3. The fraction of sp³-hybridized carbons (Fsp3) is 0.300. The van der Waals surface area contributed by atoms with Crippen molar-refractivity contribution in [3.05, 3.63) is 59.7 Å². The molecule has 8 nitrogen and oxygen atoms in total. The smallest absolute Gasteiger partial charge is 0.319 e. The highest BCUT2D eigenvalue weighted by Gasteiger charge is 2.28. The van der Waals surface area contributed by atoms with Crippen LogP contribution >= 0.6 is 0 Å². The van der Waals surface area contributed by atoms with Crippen LogP contribution in [0.3, 0.4) is 0 Å². The van der Waals surface area contributed by atoms with E-state index in [0.717, 1.165) is 11.3 Å². The molecule has 0 aliphatic carbocycles. The van der Waals surface area contributed by atoms with Gasteiger partial charge in [-0.15, -0.1) is 0 Å². The van der Waals surface area contributed by atoms with E-state index in [9.17, 15) is 18.0 Å². The molecule has 1 saturated heterocycles. The van der Waals surface area contributed by atoms with Gasteiger partial charge >= 0.3 is 6.03 Å². The number of anilines is 1. The molecule has 0 bridgehead atoms. The number of hydrogen-bond acceptors (Lipinski definition) is 5. The summed E-state index contributed by atoms with van der Waals surface area (Å²) in [6, 6.07) is 13.0. The largest absolute Gasteiger partial charge is 0.497 e. The average molecular weight is 417 g/mol. The van der Waals surface area contributed by atoms with Crippen molar-refractivity contribution >= 4 is 27.5 Å². The third kappa shape index (κ3) is 5.95. The maximum absolute atomic E-state index is 12.3. The fourth-order valence-electron chi connectivity index (χ4n) is 2.99. The number of ether oxygens (including phenoxy) is 1. The van der Waals surface area contributed by atoms with Crippen LogP contribution in [0.2, 0.25) is 0 Å². The Balaban J connectivity index is 1.48. The van der Waals surface area contributed by atoms with E-state index in [1.165, 1.54) is 0 Å². The van der Waals surface area contributed by atoms with Crippen LogP contribution < -0.4 is 20.7 Å². The average Bonchev–Trinajstić information content (AvgIpc) is 3.05. The summed E-state index contributed by atoms with van der Waals surface area (Å²) in [5.74, 6) is 0.584. The van der Waals surface area contributed by atoms with Crippen molar-refractivity contribution in [2.75, 3.05) is 23.9 Å². The van der Waals surface area contributed by atoms with E-state index in [1.807, 2.05) is 24.3 Å². The molecule has 3 amide bonds. The maximum Gasteiger partial charge on any atom is 0.319 e. The number of methoxy groups -OCH3 is 1. The van der Waals surface area contributed by atoms with E-state index in [4.69, 9.17) is 4.74 Å². The van der Waals surface area contributed by atoms with Crippen molar-refractivity contribution in [2.24, 2.45) is 0 Å². The molecule has 1 heterocycles. The predicted molar refractivity (Wildman–Crippen MR) is 110 cm³/mol. The first kappa shape index (κ1) is 20.7. The first-order valence-electron chi connectivity index (χ1n) is 9.14. The van der Waals surface area contributed by atoms with Gasteiger partial charge in [-0.1, -0.05) is 12.1 Å². The zero-order valence-electron chi connectivity index (χ0n) is 16.0. The molecule has 1 fully saturated rings. The summed E-state index contributed by atoms with van der Waals surface area (Å²) in [7, 11) is -1.46. The van der Waals surface area contributed by atoms with Gasteiger partial charge in [0.2, 0.25) is 0 Å². The second-order valence-corrected chi connectivity index (χ2v) is 9.04. The van der Waals surface area contributed by atoms with Crippen LogP contribution in [0.1, 0.15) is 22.3 Å². The summed E-state index contributed by atoms with van der Waals surface area (Å²) < 4.78 is 28.0. The Hall–Kier alpha value is -3.07. The van der Waals surface area contributed by atoms with Crippen LogP contribution in [-0.4, -0.2) is 45.0 Å². The molecular formula is C20H23N3O5S. The lowest BCUT2D eigenvalue weighted by atomic mass is 10.1. The molecule has 0 saturated carbocycles. The standard InChI is InChI=1S/C20H23N3O5S/c1-28-18-8-2-14(3-9-18)12-21-19(24)15-4-6-16(7-5-15)22-20(25)23-17-10-11-29(26,27)13-17/h2-9,17H,10-13H2,1H3,(H,21,24)(H2,22,23,25). The SMILES string of the molecule is COc1ccc(CNC(=O)c2ccc(NC(=O)NC3CCS(=O)(=O)C3)cc2)cc1. The lowest BCUT2D eigenvalue weighted by molar-refractivity contribution is 0.0951. The van der Waals surface area contributed by atoms with E-state index in [-0.39, 0.29) is 23.5 Å². The molecule has 2 aromatic carbocycles. The Bertz CT molecular complexity index is 972. The highest BCUT2D eigenvalue weighted by molar-refractivity contribution is 7.91. The van der Waals surface area contributed by atoms with E-state index >= 15 is 0 Å². The molecule has 0 radical (unpaired) electrons. The lowest BCUT2D eigenvalue weighted by Crippen LogP contribution is -2.38. The van der Waals surface area contributed by atoms with Crippen molar-refractivity contribution < 1.29 is 22.7 Å². The Kier molecular flexibility index (Phi) is 6.38. The molecule has 1 aliphatic heterocycles. The minimum atomic E-state index is -3.05. The van der Waals surface area contributed by atoms with Gasteiger partial charge in [-0.05, 0) is 48.4 Å². The topological polar surface area (TPSA) is 114 Å². The minimum Gasteiger partial charge on any atom is -0.497 e. The van der Waals surface area contributed by atoms with E-state index in [2.05, 4.69) is 16.0 Å². The predicted octanol–water partition coefficient (Wildman–Crippen LogP) is 1.93. The van der Waals surface area contributed by atoms with Gasteiger partial charge in [0.1, 0.15) is 5.75 Å². The minimum absolute atomic E-state index is 0.0340. The summed E-state index contributed by atoms with van der Waals surface area (Å²) in [6.07, 6.45) is 0.420. The van der Waals surface area contributed by atoms with Gasteiger partial charge in [0.25, 0.3) is 5.91 Å². The molecule has 154 valence electrons. The number of carbonyl (C=O) groups excluding carboxylic acids is 2. The van der Waals surface area contributed by atoms with Crippen molar-refractivity contribution in [3.63, 3.8) is 0 Å². The molecule has 9 heteroatoms. The van der Waals surface area contributed by atoms with Gasteiger partial charge in [-0.25, -0.2) is 13.2 Å². The Morgan fingerprint density at radius 3 is 2.34 bits per heavy atom. The highest BCUT2D eigenvalue weighted by Crippen LogP contribution is 2.14. The monoisotopic (exact) mass is 417 g/mol. The second-order valence-electron chi connectivity index (χ2n) is 6.81. The van der Waals surface area contributed by atoms with Crippen LogP contribution in [0.25, 0.3) is 0 Å². The maximum atomic E-state index is 12.3. The molecule has 0 aromatic heterocycles. The molecule has 1 aliphatic rings. The molecule has 29 heavy (non-hydrogen) atoms. The first-order valence-corrected chi connectivity index (χ1v) is 11.0. The van der Waals surface area contributed by atoms with Crippen LogP contribution in [0.15, 0.2) is 48.5 Å². The number of rotatable bonds is 6. The Morgan fingerprint density at radius 2 is 1.76 bits per heavy atom. The van der Waals surface area contributed by atoms with E-state index in [0.29, 0.717) is 24.2 Å². The molecule has 1 unspecified atom stereocenters. The van der Waals surface area contributed by atoms with Crippen LogP contribution in [0.4, 0.5) is 10.5 Å². The number of carbonyl (C=O) groups is 2. The number of hydrogen-bond donors (Lipinski definition) is 3. The summed E-state index contributed by atoms with van der Waals surface area (Å²) in [4.78, 5) is 24.3. The third-order valence-corrected chi connectivity index (χ3v) is 6.35. The molecular weight excluding hydrogens is 394 g/mol. The van der Waals surface area contributed by atoms with Gasteiger partial charge in [-0.2, -0.15) is 0 Å². The molecule has 0 spiro atoms. The van der Waals surface area contributed by atoms with Crippen LogP contribution in [0, 0.1) is 0 Å². The number of amides is 3. The fourth-order valence-corrected chi connectivity index (χ4v) is 4.67. The lowest BCUT2D eigenvalue weighted by Gasteiger charge is -2.12. The van der Waals surface area contributed by atoms with Gasteiger partial charge in [0.15, 0.2) is 9.84 Å². The van der Waals surface area contributed by atoms with Crippen molar-refractivity contribution in [2.45, 2.75) is 19.0 Å². The molecule has 1 atom stereocenters. The number of urea groups is 1. The second kappa shape index (κ2) is 8.95. The van der Waals surface area contributed by atoms with Crippen LogP contribution in [-0.2, 0) is 16.4 Å². The van der Waals surface area contributed by atoms with Gasteiger partial charge in [-0.3, -0.25) is 4.79 Å². The number of sulfone groups is 1. The number of nitrogens with one attached hydrogen (secondary N) is 3. The molecule has 3 N–H and O–H groups in total. The molecule has 2 aromatic rings. The Labute approximate surface area is 169 Å². The van der Waals surface area contributed by atoms with Crippen molar-refractivity contribution in [1.82, 2.24) is 10.6 Å². The van der Waals surface area contributed by atoms with Crippen LogP contribution in [0.5, 0.6) is 5.75 Å². The van der Waals surface area contributed by atoms with Gasteiger partial charge in [0, 0.05) is 23.8 Å². The summed E-state index contributed by atoms with van der Waals surface area (Å²) >= 11 is 0. The quantitative estimate of drug-likeness (QED) is 0.665. The van der Waals surface area contributed by atoms with Crippen molar-refractivity contribution in [1.29, 1.82) is 0 Å². The zero-order chi connectivity index (χ0) is 20.9. The van der Waals surface area contributed by atoms with Gasteiger partial charge in [0.05, 0.1) is 18.6 Å². The summed E-state index contributed by atoms with van der Waals surface area (Å²) in [6.45, 7) is 0.384. The van der Waals surface area contributed by atoms with Gasteiger partial charge < -0.3 is 20.7 Å².